The van der Waals surface area contributed by atoms with Crippen LogP contribution in [0.3, 0.4) is 0 Å². The summed E-state index contributed by atoms with van der Waals surface area (Å²) in [6, 6.07) is 14.6. The first-order valence-corrected chi connectivity index (χ1v) is 7.54. The van der Waals surface area contributed by atoms with Crippen LogP contribution in [-0.4, -0.2) is 14.3 Å². The zero-order valence-corrected chi connectivity index (χ0v) is 13.1. The normalized spacial score (nSPS) is 10.7. The first-order chi connectivity index (χ1) is 10.7. The van der Waals surface area contributed by atoms with E-state index in [0.717, 1.165) is 11.4 Å². The molecule has 0 spiro atoms. The first-order valence-electron chi connectivity index (χ1n) is 7.13. The van der Waals surface area contributed by atoms with Crippen LogP contribution in [0.4, 0.5) is 0 Å². The molecule has 0 N–H and O–H groups in total. The highest BCUT2D eigenvalue weighted by molar-refractivity contribution is 7.71. The fourth-order valence-corrected chi connectivity index (χ4v) is 2.79. The highest BCUT2D eigenvalue weighted by Gasteiger charge is 2.11. The van der Waals surface area contributed by atoms with Crippen molar-refractivity contribution in [2.45, 2.75) is 13.1 Å². The minimum Gasteiger partial charge on any atom is -0.296 e. The van der Waals surface area contributed by atoms with Crippen molar-refractivity contribution in [1.29, 1.82) is 0 Å². The van der Waals surface area contributed by atoms with Gasteiger partial charge in [-0.25, -0.2) is 4.68 Å². The van der Waals surface area contributed by atoms with Crippen molar-refractivity contribution in [3.05, 3.63) is 72.5 Å². The van der Waals surface area contributed by atoms with Crippen LogP contribution in [0.15, 0.2) is 67.8 Å². The van der Waals surface area contributed by atoms with E-state index in [1.807, 2.05) is 22.8 Å². The van der Waals surface area contributed by atoms with Crippen LogP contribution in [-0.2, 0) is 13.1 Å². The number of benzene rings is 2. The van der Waals surface area contributed by atoms with Gasteiger partial charge in [0.15, 0.2) is 10.6 Å². The number of hydrogen-bond acceptors (Lipinski definition) is 2. The molecule has 0 saturated heterocycles. The lowest BCUT2D eigenvalue weighted by molar-refractivity contribution is 0.676. The number of fused-ring (bicyclic) bond motifs is 1. The lowest BCUT2D eigenvalue weighted by Gasteiger charge is -2.05. The number of allylic oxidation sites excluding steroid dienone is 2. The highest BCUT2D eigenvalue weighted by atomic mass is 32.1. The lowest BCUT2D eigenvalue weighted by Crippen LogP contribution is -2.00. The minimum atomic E-state index is 0.601. The van der Waals surface area contributed by atoms with E-state index in [2.05, 4.69) is 48.6 Å². The van der Waals surface area contributed by atoms with Crippen LogP contribution in [0.2, 0.25) is 0 Å². The molecule has 110 valence electrons. The van der Waals surface area contributed by atoms with Crippen molar-refractivity contribution < 1.29 is 0 Å². The van der Waals surface area contributed by atoms with Crippen LogP contribution >= 0.6 is 12.2 Å². The van der Waals surface area contributed by atoms with Gasteiger partial charge in [0.25, 0.3) is 0 Å². The Morgan fingerprint density at radius 2 is 1.73 bits per heavy atom. The van der Waals surface area contributed by atoms with E-state index >= 15 is 0 Å². The maximum absolute atomic E-state index is 5.51. The average Bonchev–Trinajstić information content (AvgIpc) is 2.85. The van der Waals surface area contributed by atoms with Crippen LogP contribution in [0.5, 0.6) is 0 Å². The number of nitrogens with zero attached hydrogens (tertiary/aromatic N) is 3. The van der Waals surface area contributed by atoms with E-state index in [1.165, 1.54) is 10.8 Å². The SMILES string of the molecule is C=CCn1nc(-c2ccc3ccccc3c2)n(CC=C)c1=S. The van der Waals surface area contributed by atoms with Crippen molar-refractivity contribution in [2.24, 2.45) is 0 Å². The van der Waals surface area contributed by atoms with E-state index in [9.17, 15) is 0 Å². The molecular formula is C18H17N3S. The maximum atomic E-state index is 5.51. The molecule has 22 heavy (non-hydrogen) atoms. The molecular weight excluding hydrogens is 290 g/mol. The second-order valence-electron chi connectivity index (χ2n) is 5.04. The lowest BCUT2D eigenvalue weighted by atomic mass is 10.1. The number of hydrogen-bond donors (Lipinski definition) is 0. The zero-order chi connectivity index (χ0) is 15.5. The quantitative estimate of drug-likeness (QED) is 0.507. The maximum Gasteiger partial charge on any atom is 0.198 e. The second kappa shape index (κ2) is 6.12. The third kappa shape index (κ3) is 2.53. The second-order valence-corrected chi connectivity index (χ2v) is 5.40. The molecule has 0 fully saturated rings. The topological polar surface area (TPSA) is 22.8 Å². The average molecular weight is 307 g/mol. The van der Waals surface area contributed by atoms with E-state index in [0.29, 0.717) is 17.9 Å². The van der Waals surface area contributed by atoms with Crippen LogP contribution in [0.25, 0.3) is 22.2 Å². The molecule has 0 saturated carbocycles. The summed E-state index contributed by atoms with van der Waals surface area (Å²) >= 11 is 5.51. The van der Waals surface area contributed by atoms with Gasteiger partial charge in [-0.3, -0.25) is 4.57 Å². The van der Waals surface area contributed by atoms with Crippen molar-refractivity contribution in [2.75, 3.05) is 0 Å². The number of aromatic nitrogens is 3. The van der Waals surface area contributed by atoms with E-state index in [-0.39, 0.29) is 0 Å². The molecule has 4 heteroatoms. The van der Waals surface area contributed by atoms with Gasteiger partial charge in [-0.05, 0) is 29.1 Å². The summed E-state index contributed by atoms with van der Waals surface area (Å²) in [5.41, 5.74) is 1.05. The Balaban J connectivity index is 2.19. The van der Waals surface area contributed by atoms with Gasteiger partial charge in [0.2, 0.25) is 0 Å². The molecule has 3 rings (SSSR count). The Kier molecular flexibility index (Phi) is 4.02. The molecule has 0 atom stereocenters. The van der Waals surface area contributed by atoms with Gasteiger partial charge in [-0.1, -0.05) is 48.6 Å². The van der Waals surface area contributed by atoms with Gasteiger partial charge < -0.3 is 0 Å². The molecule has 0 aliphatic heterocycles. The zero-order valence-electron chi connectivity index (χ0n) is 12.3. The summed E-state index contributed by atoms with van der Waals surface area (Å²) in [5, 5.41) is 7.05. The summed E-state index contributed by atoms with van der Waals surface area (Å²) in [6.07, 6.45) is 3.63. The first kappa shape index (κ1) is 14.5. The highest BCUT2D eigenvalue weighted by Crippen LogP contribution is 2.24. The minimum absolute atomic E-state index is 0.601. The van der Waals surface area contributed by atoms with Crippen LogP contribution in [0.1, 0.15) is 0 Å². The van der Waals surface area contributed by atoms with Crippen molar-refractivity contribution in [3.63, 3.8) is 0 Å². The van der Waals surface area contributed by atoms with Gasteiger partial charge in [0.05, 0.1) is 6.54 Å². The predicted molar refractivity (Wildman–Crippen MR) is 94.4 cm³/mol. The Labute approximate surface area is 134 Å². The molecule has 0 radical (unpaired) electrons. The Hall–Kier alpha value is -2.46. The monoisotopic (exact) mass is 307 g/mol. The van der Waals surface area contributed by atoms with Gasteiger partial charge in [0, 0.05) is 12.1 Å². The fraction of sp³-hybridized carbons (Fsp3) is 0.111. The fourth-order valence-electron chi connectivity index (χ4n) is 2.52. The van der Waals surface area contributed by atoms with Crippen LogP contribution in [0, 0.1) is 4.77 Å². The molecule has 2 aromatic carbocycles. The smallest absolute Gasteiger partial charge is 0.198 e. The Morgan fingerprint density at radius 3 is 2.45 bits per heavy atom. The molecule has 1 heterocycles. The standard InChI is InChI=1S/C18H17N3S/c1-3-11-20-17(19-21(12-4-2)18(20)22)16-10-9-14-7-5-6-8-15(14)13-16/h3-10,13H,1-2,11-12H2. The molecule has 0 amide bonds. The third-order valence-corrected chi connectivity index (χ3v) is 3.98. The number of rotatable bonds is 5. The molecule has 1 aromatic heterocycles. The van der Waals surface area contributed by atoms with Gasteiger partial charge in [0.1, 0.15) is 0 Å². The molecule has 0 unspecified atom stereocenters. The van der Waals surface area contributed by atoms with E-state index < -0.39 is 0 Å². The van der Waals surface area contributed by atoms with Gasteiger partial charge >= 0.3 is 0 Å². The van der Waals surface area contributed by atoms with Gasteiger partial charge in [-0.15, -0.1) is 13.2 Å². The molecule has 0 bridgehead atoms. The van der Waals surface area contributed by atoms with Crippen molar-refractivity contribution in [3.8, 4) is 11.4 Å². The van der Waals surface area contributed by atoms with Gasteiger partial charge in [-0.2, -0.15) is 5.10 Å². The predicted octanol–water partition coefficient (Wildman–Crippen LogP) is 4.61. The molecule has 3 nitrogen and oxygen atoms in total. The summed E-state index contributed by atoms with van der Waals surface area (Å²) in [6.45, 7) is 8.81. The summed E-state index contributed by atoms with van der Waals surface area (Å²) in [5.74, 6) is 0.859. The van der Waals surface area contributed by atoms with Crippen molar-refractivity contribution >= 4 is 23.0 Å². The Morgan fingerprint density at radius 1 is 1.00 bits per heavy atom. The molecule has 3 aromatic rings. The molecule has 0 aliphatic rings. The molecule has 0 aliphatic carbocycles. The largest absolute Gasteiger partial charge is 0.296 e. The summed E-state index contributed by atoms with van der Waals surface area (Å²) < 4.78 is 4.47. The third-order valence-electron chi connectivity index (χ3n) is 3.54. The van der Waals surface area contributed by atoms with Crippen LogP contribution < -0.4 is 0 Å². The van der Waals surface area contributed by atoms with E-state index in [4.69, 9.17) is 12.2 Å². The summed E-state index contributed by atoms with van der Waals surface area (Å²) in [7, 11) is 0. The summed E-state index contributed by atoms with van der Waals surface area (Å²) in [4.78, 5) is 0. The Bertz CT molecular complexity index is 902. The van der Waals surface area contributed by atoms with Crippen molar-refractivity contribution in [1.82, 2.24) is 14.3 Å². The van der Waals surface area contributed by atoms with E-state index in [1.54, 1.807) is 10.8 Å².